The minimum absolute atomic E-state index is 0.176. The SMILES string of the molecule is CCNC1=NC2(CC)C(OCC(O)C2O)S1. The third-order valence-electron chi connectivity index (χ3n) is 3.13. The van der Waals surface area contributed by atoms with Crippen LogP contribution in [-0.2, 0) is 4.74 Å². The van der Waals surface area contributed by atoms with Crippen LogP contribution in [0.15, 0.2) is 4.99 Å². The summed E-state index contributed by atoms with van der Waals surface area (Å²) >= 11 is 1.49. The lowest BCUT2D eigenvalue weighted by Gasteiger charge is -2.41. The van der Waals surface area contributed by atoms with Gasteiger partial charge in [0, 0.05) is 6.54 Å². The molecule has 1 fully saturated rings. The van der Waals surface area contributed by atoms with E-state index < -0.39 is 17.7 Å². The van der Waals surface area contributed by atoms with E-state index >= 15 is 0 Å². The van der Waals surface area contributed by atoms with Gasteiger partial charge in [-0.25, -0.2) is 4.99 Å². The number of thioether (sulfide) groups is 1. The Morgan fingerprint density at radius 1 is 1.56 bits per heavy atom. The Kier molecular flexibility index (Phi) is 3.44. The molecule has 0 amide bonds. The predicted molar refractivity (Wildman–Crippen MR) is 63.5 cm³/mol. The molecule has 5 nitrogen and oxygen atoms in total. The van der Waals surface area contributed by atoms with E-state index in [1.807, 2.05) is 13.8 Å². The van der Waals surface area contributed by atoms with E-state index in [0.717, 1.165) is 11.7 Å². The fourth-order valence-corrected chi connectivity index (χ4v) is 3.52. The summed E-state index contributed by atoms with van der Waals surface area (Å²) in [5.41, 5.74) is -0.884. The van der Waals surface area contributed by atoms with Gasteiger partial charge in [-0.05, 0) is 13.3 Å². The molecule has 0 aromatic carbocycles. The van der Waals surface area contributed by atoms with Gasteiger partial charge in [0.2, 0.25) is 0 Å². The maximum Gasteiger partial charge on any atom is 0.159 e. The second-order valence-electron chi connectivity index (χ2n) is 4.09. The summed E-state index contributed by atoms with van der Waals surface area (Å²) in [6.45, 7) is 4.92. The first-order chi connectivity index (χ1) is 7.64. The van der Waals surface area contributed by atoms with Gasteiger partial charge >= 0.3 is 0 Å². The molecule has 0 radical (unpaired) electrons. The zero-order valence-electron chi connectivity index (χ0n) is 9.51. The molecule has 0 aliphatic carbocycles. The molecule has 3 N–H and O–H groups in total. The monoisotopic (exact) mass is 246 g/mol. The van der Waals surface area contributed by atoms with Crippen molar-refractivity contribution >= 4 is 16.9 Å². The number of hydrogen-bond acceptors (Lipinski definition) is 6. The number of nitrogens with zero attached hydrogens (tertiary/aromatic N) is 1. The summed E-state index contributed by atoms with van der Waals surface area (Å²) in [6, 6.07) is 0. The number of amidine groups is 1. The molecule has 92 valence electrons. The molecule has 2 rings (SSSR count). The fraction of sp³-hybridized carbons (Fsp3) is 0.900. The first-order valence-electron chi connectivity index (χ1n) is 5.62. The van der Waals surface area contributed by atoms with Crippen LogP contribution in [0.5, 0.6) is 0 Å². The maximum absolute atomic E-state index is 10.1. The third-order valence-corrected chi connectivity index (χ3v) is 4.34. The highest BCUT2D eigenvalue weighted by atomic mass is 32.2. The summed E-state index contributed by atoms with van der Waals surface area (Å²) in [6.07, 6.45) is -1.04. The van der Waals surface area contributed by atoms with Crippen molar-refractivity contribution < 1.29 is 14.9 Å². The molecule has 0 aromatic heterocycles. The number of fused-ring (bicyclic) bond motifs is 1. The summed E-state index contributed by atoms with van der Waals surface area (Å²) in [5.74, 6) is 0. The van der Waals surface area contributed by atoms with Crippen LogP contribution in [0.2, 0.25) is 0 Å². The number of rotatable bonds is 2. The normalized spacial score (nSPS) is 42.8. The van der Waals surface area contributed by atoms with Crippen LogP contribution in [0.4, 0.5) is 0 Å². The molecule has 2 aliphatic rings. The third kappa shape index (κ3) is 1.73. The van der Waals surface area contributed by atoms with Crippen LogP contribution in [0.3, 0.4) is 0 Å². The number of aliphatic imine (C=N–C) groups is 1. The predicted octanol–water partition coefficient (Wildman–Crippen LogP) is -0.0744. The zero-order chi connectivity index (χ0) is 11.8. The van der Waals surface area contributed by atoms with E-state index in [9.17, 15) is 10.2 Å². The number of hydrogen-bond donors (Lipinski definition) is 3. The van der Waals surface area contributed by atoms with Gasteiger partial charge in [0.25, 0.3) is 0 Å². The Labute approximate surface area is 99.3 Å². The Bertz CT molecular complexity index is 300. The Morgan fingerprint density at radius 2 is 2.31 bits per heavy atom. The summed E-state index contributed by atoms with van der Waals surface area (Å²) < 4.78 is 5.55. The van der Waals surface area contributed by atoms with Crippen molar-refractivity contribution in [3.63, 3.8) is 0 Å². The largest absolute Gasteiger partial charge is 0.388 e. The van der Waals surface area contributed by atoms with Crippen LogP contribution in [0.1, 0.15) is 20.3 Å². The Morgan fingerprint density at radius 3 is 2.94 bits per heavy atom. The molecule has 2 aliphatic heterocycles. The lowest BCUT2D eigenvalue weighted by atomic mass is 9.85. The van der Waals surface area contributed by atoms with Crippen LogP contribution in [0.25, 0.3) is 0 Å². The highest BCUT2D eigenvalue weighted by molar-refractivity contribution is 8.14. The molecule has 4 atom stereocenters. The minimum atomic E-state index is -0.847. The average Bonchev–Trinajstić information content (AvgIpc) is 2.64. The van der Waals surface area contributed by atoms with Gasteiger partial charge < -0.3 is 20.3 Å². The van der Waals surface area contributed by atoms with Crippen LogP contribution in [-0.4, -0.2) is 51.7 Å². The molecule has 1 saturated heterocycles. The van der Waals surface area contributed by atoms with Crippen molar-refractivity contribution in [3.8, 4) is 0 Å². The van der Waals surface area contributed by atoms with Gasteiger partial charge in [0.15, 0.2) is 5.17 Å². The molecule has 16 heavy (non-hydrogen) atoms. The zero-order valence-corrected chi connectivity index (χ0v) is 10.3. The molecule has 0 spiro atoms. The van der Waals surface area contributed by atoms with Gasteiger partial charge in [-0.1, -0.05) is 18.7 Å². The molecule has 0 saturated carbocycles. The van der Waals surface area contributed by atoms with E-state index in [-0.39, 0.29) is 12.0 Å². The topological polar surface area (TPSA) is 74.1 Å². The fourth-order valence-electron chi connectivity index (χ4n) is 2.15. The van der Waals surface area contributed by atoms with Crippen LogP contribution < -0.4 is 5.32 Å². The van der Waals surface area contributed by atoms with Crippen molar-refractivity contribution in [1.82, 2.24) is 5.32 Å². The smallest absolute Gasteiger partial charge is 0.159 e. The quantitative estimate of drug-likeness (QED) is 0.636. The number of aliphatic hydroxyl groups excluding tert-OH is 2. The van der Waals surface area contributed by atoms with Crippen molar-refractivity contribution in [3.05, 3.63) is 0 Å². The Hall–Kier alpha value is -0.300. The van der Waals surface area contributed by atoms with Gasteiger partial charge in [-0.2, -0.15) is 0 Å². The summed E-state index contributed by atoms with van der Waals surface area (Å²) in [5, 5.41) is 23.7. The van der Waals surface area contributed by atoms with Crippen molar-refractivity contribution in [2.45, 2.75) is 43.5 Å². The van der Waals surface area contributed by atoms with Crippen LogP contribution >= 0.6 is 11.8 Å². The molecule has 4 unspecified atom stereocenters. The average molecular weight is 246 g/mol. The highest BCUT2D eigenvalue weighted by Crippen LogP contribution is 2.44. The van der Waals surface area contributed by atoms with E-state index in [0.29, 0.717) is 6.42 Å². The summed E-state index contributed by atoms with van der Waals surface area (Å²) in [4.78, 5) is 4.51. The van der Waals surface area contributed by atoms with E-state index in [1.165, 1.54) is 11.8 Å². The van der Waals surface area contributed by atoms with E-state index in [2.05, 4.69) is 10.3 Å². The van der Waals surface area contributed by atoms with E-state index in [4.69, 9.17) is 4.74 Å². The van der Waals surface area contributed by atoms with Gasteiger partial charge in [-0.3, -0.25) is 0 Å². The molecule has 0 bridgehead atoms. The maximum atomic E-state index is 10.1. The number of aliphatic hydroxyl groups is 2. The minimum Gasteiger partial charge on any atom is -0.388 e. The highest BCUT2D eigenvalue weighted by Gasteiger charge is 2.55. The lowest BCUT2D eigenvalue weighted by molar-refractivity contribution is -0.140. The van der Waals surface area contributed by atoms with Crippen LogP contribution in [0, 0.1) is 0 Å². The standard InChI is InChI=1S/C10H18N2O3S/c1-3-10-7(14)6(13)5-15-8(10)16-9(12-10)11-4-2/h6-8,13-14H,3-5H2,1-2H3,(H,11,12). The summed E-state index contributed by atoms with van der Waals surface area (Å²) in [7, 11) is 0. The molecule has 6 heteroatoms. The van der Waals surface area contributed by atoms with Crippen molar-refractivity contribution in [2.24, 2.45) is 4.99 Å². The molecule has 0 aromatic rings. The van der Waals surface area contributed by atoms with Gasteiger partial charge in [0.1, 0.15) is 23.2 Å². The van der Waals surface area contributed by atoms with Crippen molar-refractivity contribution in [1.29, 1.82) is 0 Å². The second kappa shape index (κ2) is 4.52. The first kappa shape index (κ1) is 12.2. The van der Waals surface area contributed by atoms with Gasteiger partial charge in [0.05, 0.1) is 6.61 Å². The van der Waals surface area contributed by atoms with E-state index in [1.54, 1.807) is 0 Å². The molecular weight excluding hydrogens is 228 g/mol. The van der Waals surface area contributed by atoms with Gasteiger partial charge in [-0.15, -0.1) is 0 Å². The number of nitrogens with one attached hydrogen (secondary N) is 1. The van der Waals surface area contributed by atoms with Crippen molar-refractivity contribution in [2.75, 3.05) is 13.2 Å². The second-order valence-corrected chi connectivity index (χ2v) is 5.14. The first-order valence-corrected chi connectivity index (χ1v) is 6.50. The lowest BCUT2D eigenvalue weighted by Crippen LogP contribution is -2.58. The molecular formula is C10H18N2O3S. The Balaban J connectivity index is 2.25. The number of ether oxygens (including phenoxy) is 1. The molecule has 2 heterocycles.